The molecule has 0 N–H and O–H groups in total. The molecule has 0 aliphatic heterocycles. The van der Waals surface area contributed by atoms with E-state index in [4.69, 9.17) is 4.74 Å². The lowest BCUT2D eigenvalue weighted by atomic mass is 10.3. The number of thiazole rings is 1. The second kappa shape index (κ2) is 5.84. The lowest BCUT2D eigenvalue weighted by Gasteiger charge is -2.14. The minimum atomic E-state index is -0.113. The SMILES string of the molecule is Cc1nc(N(C)C(=O)COc2ccccc2)sc1C. The summed E-state index contributed by atoms with van der Waals surface area (Å²) in [5.41, 5.74) is 0.962. The van der Waals surface area contributed by atoms with Gasteiger partial charge in [0.25, 0.3) is 5.91 Å². The van der Waals surface area contributed by atoms with E-state index in [1.807, 2.05) is 44.2 Å². The molecule has 0 saturated carbocycles. The van der Waals surface area contributed by atoms with Crippen LogP contribution in [-0.4, -0.2) is 24.5 Å². The van der Waals surface area contributed by atoms with Gasteiger partial charge in [0.2, 0.25) is 0 Å². The summed E-state index contributed by atoms with van der Waals surface area (Å²) in [5, 5.41) is 0.705. The first kappa shape index (κ1) is 13.5. The fraction of sp³-hybridized carbons (Fsp3) is 0.286. The highest BCUT2D eigenvalue weighted by Crippen LogP contribution is 2.24. The highest BCUT2D eigenvalue weighted by atomic mass is 32.1. The molecule has 0 saturated heterocycles. The standard InChI is InChI=1S/C14H16N2O2S/c1-10-11(2)19-14(15-10)16(3)13(17)9-18-12-7-5-4-6-8-12/h4-8H,9H2,1-3H3. The molecule has 1 aromatic heterocycles. The zero-order valence-electron chi connectivity index (χ0n) is 11.2. The van der Waals surface area contributed by atoms with Crippen molar-refractivity contribution in [1.29, 1.82) is 0 Å². The largest absolute Gasteiger partial charge is 0.484 e. The minimum Gasteiger partial charge on any atom is -0.484 e. The van der Waals surface area contributed by atoms with Gasteiger partial charge in [-0.3, -0.25) is 9.69 Å². The van der Waals surface area contributed by atoms with Gasteiger partial charge in [0.15, 0.2) is 11.7 Å². The molecule has 100 valence electrons. The van der Waals surface area contributed by atoms with Crippen molar-refractivity contribution in [1.82, 2.24) is 4.98 Å². The molecule has 5 heteroatoms. The number of hydrogen-bond acceptors (Lipinski definition) is 4. The molecule has 1 aromatic carbocycles. The van der Waals surface area contributed by atoms with Gasteiger partial charge in [-0.15, -0.1) is 11.3 Å². The van der Waals surface area contributed by atoms with Gasteiger partial charge in [-0.2, -0.15) is 0 Å². The number of aryl methyl sites for hydroxylation is 2. The van der Waals surface area contributed by atoms with Gasteiger partial charge in [-0.25, -0.2) is 4.98 Å². The Labute approximate surface area is 116 Å². The van der Waals surface area contributed by atoms with Gasteiger partial charge in [0, 0.05) is 11.9 Å². The van der Waals surface area contributed by atoms with Crippen LogP contribution in [0.2, 0.25) is 0 Å². The molecule has 2 aromatic rings. The average molecular weight is 276 g/mol. The van der Waals surface area contributed by atoms with E-state index in [-0.39, 0.29) is 12.5 Å². The molecule has 1 heterocycles. The van der Waals surface area contributed by atoms with Crippen LogP contribution in [0.1, 0.15) is 10.6 Å². The molecule has 0 fully saturated rings. The van der Waals surface area contributed by atoms with Crippen LogP contribution in [0, 0.1) is 13.8 Å². The summed E-state index contributed by atoms with van der Waals surface area (Å²) in [7, 11) is 1.72. The third kappa shape index (κ3) is 3.32. The number of hydrogen-bond donors (Lipinski definition) is 0. The molecule has 4 nitrogen and oxygen atoms in total. The molecule has 0 unspecified atom stereocenters. The fourth-order valence-corrected chi connectivity index (χ4v) is 2.35. The Morgan fingerprint density at radius 3 is 2.58 bits per heavy atom. The normalized spacial score (nSPS) is 10.3. The zero-order valence-corrected chi connectivity index (χ0v) is 12.0. The fourth-order valence-electron chi connectivity index (χ4n) is 1.46. The van der Waals surface area contributed by atoms with E-state index >= 15 is 0 Å². The van der Waals surface area contributed by atoms with Gasteiger partial charge >= 0.3 is 0 Å². The Bertz CT molecular complexity index is 547. The highest BCUT2D eigenvalue weighted by Gasteiger charge is 2.15. The molecular formula is C14H16N2O2S. The number of likely N-dealkylation sites (N-methyl/N-ethyl adjacent to an activating group) is 1. The predicted molar refractivity (Wildman–Crippen MR) is 76.9 cm³/mol. The summed E-state index contributed by atoms with van der Waals surface area (Å²) < 4.78 is 5.43. The van der Waals surface area contributed by atoms with Crippen LogP contribution in [-0.2, 0) is 4.79 Å². The first-order valence-corrected chi connectivity index (χ1v) is 6.78. The van der Waals surface area contributed by atoms with Crippen LogP contribution < -0.4 is 9.64 Å². The zero-order chi connectivity index (χ0) is 13.8. The number of nitrogens with zero attached hydrogens (tertiary/aromatic N) is 2. The number of carbonyl (C=O) groups is 1. The van der Waals surface area contributed by atoms with Gasteiger partial charge < -0.3 is 4.74 Å². The molecule has 0 bridgehead atoms. The van der Waals surface area contributed by atoms with Crippen molar-refractivity contribution in [2.45, 2.75) is 13.8 Å². The molecule has 0 aliphatic carbocycles. The van der Waals surface area contributed by atoms with E-state index < -0.39 is 0 Å². The number of amides is 1. The van der Waals surface area contributed by atoms with Crippen LogP contribution in [0.4, 0.5) is 5.13 Å². The Kier molecular flexibility index (Phi) is 4.16. The Morgan fingerprint density at radius 1 is 1.32 bits per heavy atom. The van der Waals surface area contributed by atoms with E-state index in [9.17, 15) is 4.79 Å². The predicted octanol–water partition coefficient (Wildman–Crippen LogP) is 2.80. The van der Waals surface area contributed by atoms with Crippen LogP contribution >= 0.6 is 11.3 Å². The molecule has 2 rings (SSSR count). The number of para-hydroxylation sites is 1. The minimum absolute atomic E-state index is 0.0121. The number of benzene rings is 1. The average Bonchev–Trinajstić information content (AvgIpc) is 2.76. The van der Waals surface area contributed by atoms with Crippen molar-refractivity contribution in [3.8, 4) is 5.75 Å². The van der Waals surface area contributed by atoms with E-state index in [0.29, 0.717) is 10.9 Å². The quantitative estimate of drug-likeness (QED) is 0.862. The molecule has 0 spiro atoms. The third-order valence-corrected chi connectivity index (χ3v) is 3.93. The van der Waals surface area contributed by atoms with Crippen molar-refractivity contribution in [3.05, 3.63) is 40.9 Å². The Balaban J connectivity index is 1.96. The van der Waals surface area contributed by atoms with Crippen molar-refractivity contribution in [2.75, 3.05) is 18.6 Å². The molecular weight excluding hydrogens is 260 g/mol. The number of anilines is 1. The second-order valence-electron chi connectivity index (χ2n) is 4.19. The van der Waals surface area contributed by atoms with Gasteiger partial charge in [0.1, 0.15) is 5.75 Å². The van der Waals surface area contributed by atoms with Crippen LogP contribution in [0.25, 0.3) is 0 Å². The summed E-state index contributed by atoms with van der Waals surface area (Å²) in [6.07, 6.45) is 0. The van der Waals surface area contributed by atoms with Gasteiger partial charge in [-0.1, -0.05) is 18.2 Å². The maximum Gasteiger partial charge on any atom is 0.266 e. The van der Waals surface area contributed by atoms with Crippen LogP contribution in [0.3, 0.4) is 0 Å². The number of carbonyl (C=O) groups excluding carboxylic acids is 1. The van der Waals surface area contributed by atoms with E-state index in [0.717, 1.165) is 10.6 Å². The van der Waals surface area contributed by atoms with Gasteiger partial charge in [-0.05, 0) is 26.0 Å². The molecule has 0 atom stereocenters. The first-order chi connectivity index (χ1) is 9.08. The van der Waals surface area contributed by atoms with Crippen molar-refractivity contribution in [3.63, 3.8) is 0 Å². The molecule has 0 aliphatic rings. The number of aromatic nitrogens is 1. The summed E-state index contributed by atoms with van der Waals surface area (Å²) in [6.45, 7) is 3.95. The number of ether oxygens (including phenoxy) is 1. The number of rotatable bonds is 4. The molecule has 19 heavy (non-hydrogen) atoms. The molecule has 0 radical (unpaired) electrons. The third-order valence-electron chi connectivity index (χ3n) is 2.78. The maximum atomic E-state index is 12.0. The van der Waals surface area contributed by atoms with E-state index in [2.05, 4.69) is 4.98 Å². The smallest absolute Gasteiger partial charge is 0.266 e. The van der Waals surface area contributed by atoms with E-state index in [1.54, 1.807) is 7.05 Å². The first-order valence-electron chi connectivity index (χ1n) is 5.96. The Hall–Kier alpha value is -1.88. The topological polar surface area (TPSA) is 42.4 Å². The lowest BCUT2D eigenvalue weighted by Crippen LogP contribution is -2.31. The van der Waals surface area contributed by atoms with Crippen molar-refractivity contribution in [2.24, 2.45) is 0 Å². The molecule has 1 amide bonds. The van der Waals surface area contributed by atoms with Crippen LogP contribution in [0.15, 0.2) is 30.3 Å². The van der Waals surface area contributed by atoms with Crippen LogP contribution in [0.5, 0.6) is 5.75 Å². The van der Waals surface area contributed by atoms with Crippen molar-refractivity contribution < 1.29 is 9.53 Å². The summed E-state index contributed by atoms with van der Waals surface area (Å²) >= 11 is 1.51. The Morgan fingerprint density at radius 2 is 2.00 bits per heavy atom. The summed E-state index contributed by atoms with van der Waals surface area (Å²) in [4.78, 5) is 19.0. The van der Waals surface area contributed by atoms with E-state index in [1.165, 1.54) is 16.2 Å². The monoisotopic (exact) mass is 276 g/mol. The maximum absolute atomic E-state index is 12.0. The second-order valence-corrected chi connectivity index (χ2v) is 5.37. The summed E-state index contributed by atoms with van der Waals surface area (Å²) in [5.74, 6) is 0.577. The van der Waals surface area contributed by atoms with Crippen molar-refractivity contribution >= 4 is 22.4 Å². The van der Waals surface area contributed by atoms with Gasteiger partial charge in [0.05, 0.1) is 5.69 Å². The summed E-state index contributed by atoms with van der Waals surface area (Å²) in [6, 6.07) is 9.30. The lowest BCUT2D eigenvalue weighted by molar-refractivity contribution is -0.120. The highest BCUT2D eigenvalue weighted by molar-refractivity contribution is 7.15.